The molecule has 0 bridgehead atoms. The second kappa shape index (κ2) is 9.49. The third kappa shape index (κ3) is 6.29. The molecule has 2 aromatic carbocycles. The molecule has 1 N–H and O–H groups in total. The largest absolute Gasteiger partial charge is 0.383 e. The molecule has 0 heterocycles. The zero-order chi connectivity index (χ0) is 20.9. The number of benzene rings is 2. The molecule has 9 heteroatoms. The van der Waals surface area contributed by atoms with Crippen molar-refractivity contribution < 1.29 is 17.4 Å². The van der Waals surface area contributed by atoms with Gasteiger partial charge in [-0.1, -0.05) is 48.3 Å². The van der Waals surface area contributed by atoms with Crippen LogP contribution in [0.25, 0.3) is 0 Å². The van der Waals surface area contributed by atoms with Crippen LogP contribution in [-0.4, -0.2) is 31.6 Å². The van der Waals surface area contributed by atoms with Crippen LogP contribution < -0.4 is 9.50 Å². The highest BCUT2D eigenvalue weighted by Gasteiger charge is 2.21. The summed E-state index contributed by atoms with van der Waals surface area (Å²) < 4.78 is 27.6. The summed E-state index contributed by atoms with van der Waals surface area (Å²) in [5.74, 6) is 0.193. The molecule has 0 radical (unpaired) electrons. The van der Waals surface area contributed by atoms with Gasteiger partial charge in [-0.3, -0.25) is 0 Å². The minimum absolute atomic E-state index is 0.0826. The lowest BCUT2D eigenvalue weighted by Gasteiger charge is -2.29. The number of rotatable bonds is 7. The molecule has 0 aliphatic rings. The van der Waals surface area contributed by atoms with E-state index in [-0.39, 0.29) is 24.4 Å². The monoisotopic (exact) mass is 444 g/mol. The van der Waals surface area contributed by atoms with E-state index in [9.17, 15) is 13.2 Å². The molecule has 0 fully saturated rings. The summed E-state index contributed by atoms with van der Waals surface area (Å²) in [6.07, 6.45) is 1.70. The Morgan fingerprint density at radius 3 is 2.36 bits per heavy atom. The summed E-state index contributed by atoms with van der Waals surface area (Å²) in [5.41, 5.74) is 1.07. The van der Waals surface area contributed by atoms with Crippen molar-refractivity contribution in [2.24, 2.45) is 0 Å². The Bertz CT molecular complexity index is 930. The van der Waals surface area contributed by atoms with Crippen LogP contribution in [0, 0.1) is 0 Å². The van der Waals surface area contributed by atoms with E-state index in [1.54, 1.807) is 47.4 Å². The van der Waals surface area contributed by atoms with E-state index < -0.39 is 10.1 Å². The van der Waals surface area contributed by atoms with Gasteiger partial charge in [-0.2, -0.15) is 8.42 Å². The highest BCUT2D eigenvalue weighted by atomic mass is 35.5. The summed E-state index contributed by atoms with van der Waals surface area (Å²) in [6, 6.07) is 11.1. The maximum Gasteiger partial charge on any atom is 0.322 e. The SMILES string of the molecule is CCC(C)N(Cc1cccc(OS(C)(=O)=O)c1)C(=O)Nc1c(Cl)cccc1Cl. The first kappa shape index (κ1) is 22.3. The number of halogens is 2. The van der Waals surface area contributed by atoms with Crippen LogP contribution >= 0.6 is 23.2 Å². The summed E-state index contributed by atoms with van der Waals surface area (Å²) in [4.78, 5) is 14.5. The maximum atomic E-state index is 12.9. The topological polar surface area (TPSA) is 75.7 Å². The first-order chi connectivity index (χ1) is 13.1. The Morgan fingerprint density at radius 1 is 1.18 bits per heavy atom. The number of amides is 2. The molecule has 28 heavy (non-hydrogen) atoms. The Labute approximate surface area is 175 Å². The van der Waals surface area contributed by atoms with Gasteiger partial charge in [0, 0.05) is 12.6 Å². The van der Waals surface area contributed by atoms with E-state index in [1.165, 1.54) is 0 Å². The normalized spacial score (nSPS) is 12.3. The standard InChI is InChI=1S/C19H22Cl2N2O4S/c1-4-13(2)23(19(24)22-18-16(20)9-6-10-17(18)21)12-14-7-5-8-15(11-14)27-28(3,25)26/h5-11,13H,4,12H2,1-3H3,(H,22,24). The Balaban J connectivity index is 2.25. The van der Waals surface area contributed by atoms with Gasteiger partial charge in [0.2, 0.25) is 0 Å². The van der Waals surface area contributed by atoms with Crippen LogP contribution in [0.3, 0.4) is 0 Å². The molecule has 2 aromatic rings. The van der Waals surface area contributed by atoms with Crippen molar-refractivity contribution in [1.82, 2.24) is 4.90 Å². The van der Waals surface area contributed by atoms with Crippen molar-refractivity contribution in [2.45, 2.75) is 32.9 Å². The van der Waals surface area contributed by atoms with Gasteiger partial charge in [0.1, 0.15) is 5.75 Å². The summed E-state index contributed by atoms with van der Waals surface area (Å²) in [5, 5.41) is 3.45. The van der Waals surface area contributed by atoms with E-state index >= 15 is 0 Å². The van der Waals surface area contributed by atoms with Crippen molar-refractivity contribution in [3.63, 3.8) is 0 Å². The van der Waals surface area contributed by atoms with Gasteiger partial charge in [0.05, 0.1) is 22.0 Å². The van der Waals surface area contributed by atoms with E-state index in [2.05, 4.69) is 5.32 Å². The molecule has 6 nitrogen and oxygen atoms in total. The van der Waals surface area contributed by atoms with Gasteiger partial charge >= 0.3 is 16.1 Å². The molecule has 1 atom stereocenters. The van der Waals surface area contributed by atoms with Gasteiger partial charge in [-0.05, 0) is 43.2 Å². The van der Waals surface area contributed by atoms with Crippen LogP contribution in [-0.2, 0) is 16.7 Å². The maximum absolute atomic E-state index is 12.9. The Morgan fingerprint density at radius 2 is 1.79 bits per heavy atom. The molecular formula is C19H22Cl2N2O4S. The van der Waals surface area contributed by atoms with Crippen LogP contribution in [0.5, 0.6) is 5.75 Å². The molecule has 0 aliphatic carbocycles. The Kier molecular flexibility index (Phi) is 7.57. The van der Waals surface area contributed by atoms with Gasteiger partial charge in [-0.15, -0.1) is 0 Å². The number of anilines is 1. The zero-order valence-electron chi connectivity index (χ0n) is 15.8. The fraction of sp³-hybridized carbons (Fsp3) is 0.316. The number of para-hydroxylation sites is 1. The molecule has 0 saturated heterocycles. The molecule has 2 amide bonds. The lowest BCUT2D eigenvalue weighted by molar-refractivity contribution is 0.187. The number of urea groups is 1. The van der Waals surface area contributed by atoms with Crippen LogP contribution in [0.15, 0.2) is 42.5 Å². The van der Waals surface area contributed by atoms with Crippen LogP contribution in [0.1, 0.15) is 25.8 Å². The molecule has 2 rings (SSSR count). The van der Waals surface area contributed by atoms with Crippen LogP contribution in [0.4, 0.5) is 10.5 Å². The Hall–Kier alpha value is -1.96. The average Bonchev–Trinajstić information content (AvgIpc) is 2.61. The second-order valence-electron chi connectivity index (χ2n) is 6.35. The van der Waals surface area contributed by atoms with Gasteiger partial charge in [-0.25, -0.2) is 4.79 Å². The number of carbonyl (C=O) groups excluding carboxylic acids is 1. The van der Waals surface area contributed by atoms with Crippen molar-refractivity contribution >= 4 is 45.0 Å². The number of nitrogens with zero attached hydrogens (tertiary/aromatic N) is 1. The number of nitrogens with one attached hydrogen (secondary N) is 1. The molecule has 0 spiro atoms. The fourth-order valence-electron chi connectivity index (χ4n) is 2.51. The first-order valence-electron chi connectivity index (χ1n) is 8.60. The fourth-order valence-corrected chi connectivity index (χ4v) is 3.46. The predicted octanol–water partition coefficient (Wildman–Crippen LogP) is 5.16. The molecular weight excluding hydrogens is 423 g/mol. The molecule has 1 unspecified atom stereocenters. The molecule has 0 aromatic heterocycles. The number of hydrogen-bond donors (Lipinski definition) is 1. The van der Waals surface area contributed by atoms with E-state index in [0.717, 1.165) is 18.2 Å². The summed E-state index contributed by atoms with van der Waals surface area (Å²) >= 11 is 12.3. The van der Waals surface area contributed by atoms with Gasteiger partial charge in [0.25, 0.3) is 0 Å². The molecule has 152 valence electrons. The van der Waals surface area contributed by atoms with Gasteiger partial charge < -0.3 is 14.4 Å². The third-order valence-electron chi connectivity index (χ3n) is 4.08. The summed E-state index contributed by atoms with van der Waals surface area (Å²) in [7, 11) is -3.63. The summed E-state index contributed by atoms with van der Waals surface area (Å²) in [6.45, 7) is 4.14. The minimum atomic E-state index is -3.63. The number of carbonyl (C=O) groups is 1. The zero-order valence-corrected chi connectivity index (χ0v) is 18.1. The lowest BCUT2D eigenvalue weighted by Crippen LogP contribution is -2.40. The van der Waals surface area contributed by atoms with Crippen molar-refractivity contribution in [3.8, 4) is 5.75 Å². The van der Waals surface area contributed by atoms with Crippen molar-refractivity contribution in [2.75, 3.05) is 11.6 Å². The van der Waals surface area contributed by atoms with Crippen LogP contribution in [0.2, 0.25) is 10.0 Å². The minimum Gasteiger partial charge on any atom is -0.383 e. The highest BCUT2D eigenvalue weighted by molar-refractivity contribution is 7.86. The van der Waals surface area contributed by atoms with Crippen molar-refractivity contribution in [3.05, 3.63) is 58.1 Å². The predicted molar refractivity (Wildman–Crippen MR) is 113 cm³/mol. The lowest BCUT2D eigenvalue weighted by atomic mass is 10.1. The van der Waals surface area contributed by atoms with E-state index in [1.807, 2.05) is 13.8 Å². The van der Waals surface area contributed by atoms with E-state index in [0.29, 0.717) is 15.7 Å². The molecule has 0 aliphatic heterocycles. The quantitative estimate of drug-likeness (QED) is 0.597. The first-order valence-corrected chi connectivity index (χ1v) is 11.2. The highest BCUT2D eigenvalue weighted by Crippen LogP contribution is 2.30. The van der Waals surface area contributed by atoms with Gasteiger partial charge in [0.15, 0.2) is 0 Å². The number of hydrogen-bond acceptors (Lipinski definition) is 4. The third-order valence-corrected chi connectivity index (χ3v) is 5.20. The second-order valence-corrected chi connectivity index (χ2v) is 8.74. The average molecular weight is 445 g/mol. The van der Waals surface area contributed by atoms with E-state index in [4.69, 9.17) is 27.4 Å². The molecule has 0 saturated carbocycles. The van der Waals surface area contributed by atoms with Crippen molar-refractivity contribution in [1.29, 1.82) is 0 Å². The smallest absolute Gasteiger partial charge is 0.322 e.